The number of nitrogens with zero attached hydrogens (tertiary/aromatic N) is 3. The summed E-state index contributed by atoms with van der Waals surface area (Å²) in [6.07, 6.45) is 5.70. The van der Waals surface area contributed by atoms with E-state index in [1.807, 2.05) is 6.07 Å². The van der Waals surface area contributed by atoms with Crippen molar-refractivity contribution in [2.75, 3.05) is 0 Å². The van der Waals surface area contributed by atoms with Crippen LogP contribution in [0.4, 0.5) is 0 Å². The monoisotopic (exact) mass is 251 g/mol. The van der Waals surface area contributed by atoms with Gasteiger partial charge in [-0.05, 0) is 28.1 Å². The minimum Gasteiger partial charge on any atom is -0.298 e. The van der Waals surface area contributed by atoms with Crippen LogP contribution in [0.2, 0.25) is 0 Å². The maximum atomic E-state index is 10.5. The number of aldehydes is 1. The molecule has 0 saturated heterocycles. The highest BCUT2D eigenvalue weighted by Gasteiger charge is 2.00. The number of hydrogen-bond donors (Lipinski definition) is 0. The first kappa shape index (κ1) is 9.08. The Morgan fingerprint density at radius 3 is 2.93 bits per heavy atom. The fourth-order valence-electron chi connectivity index (χ4n) is 1.08. The van der Waals surface area contributed by atoms with Gasteiger partial charge >= 0.3 is 0 Å². The van der Waals surface area contributed by atoms with Gasteiger partial charge in [0, 0.05) is 18.0 Å². The second kappa shape index (κ2) is 3.71. The predicted octanol–water partition coefficient (Wildman–Crippen LogP) is 1.84. The quantitative estimate of drug-likeness (QED) is 0.766. The number of carbonyl (C=O) groups is 1. The summed E-state index contributed by atoms with van der Waals surface area (Å²) >= 11 is 3.24. The third-order valence-electron chi connectivity index (χ3n) is 1.70. The van der Waals surface area contributed by atoms with Gasteiger partial charge in [0.15, 0.2) is 6.29 Å². The van der Waals surface area contributed by atoms with E-state index >= 15 is 0 Å². The highest BCUT2D eigenvalue weighted by molar-refractivity contribution is 9.10. The molecule has 0 saturated carbocycles. The molecule has 0 aliphatic rings. The fourth-order valence-corrected chi connectivity index (χ4v) is 1.37. The van der Waals surface area contributed by atoms with Crippen molar-refractivity contribution < 1.29 is 4.79 Å². The maximum Gasteiger partial charge on any atom is 0.151 e. The van der Waals surface area contributed by atoms with Gasteiger partial charge in [0.05, 0.1) is 11.9 Å². The van der Waals surface area contributed by atoms with Crippen LogP contribution in [-0.4, -0.2) is 21.1 Å². The minimum atomic E-state index is 0.536. The van der Waals surface area contributed by atoms with Crippen LogP contribution in [-0.2, 0) is 0 Å². The van der Waals surface area contributed by atoms with Crippen molar-refractivity contribution in [3.05, 3.63) is 40.9 Å². The van der Waals surface area contributed by atoms with Gasteiger partial charge in [-0.1, -0.05) is 0 Å². The van der Waals surface area contributed by atoms with Gasteiger partial charge < -0.3 is 0 Å². The molecule has 2 aromatic heterocycles. The molecule has 5 heteroatoms. The van der Waals surface area contributed by atoms with Gasteiger partial charge in [0.2, 0.25) is 0 Å². The number of pyridine rings is 1. The zero-order chi connectivity index (χ0) is 9.97. The molecule has 0 aliphatic carbocycles. The molecule has 0 N–H and O–H groups in total. The first-order valence-corrected chi connectivity index (χ1v) is 4.70. The minimum absolute atomic E-state index is 0.536. The van der Waals surface area contributed by atoms with Crippen molar-refractivity contribution in [3.8, 4) is 5.69 Å². The summed E-state index contributed by atoms with van der Waals surface area (Å²) in [4.78, 5) is 14.5. The summed E-state index contributed by atoms with van der Waals surface area (Å²) in [5.41, 5.74) is 1.30. The number of halogens is 1. The summed E-state index contributed by atoms with van der Waals surface area (Å²) in [6.45, 7) is 0. The number of aromatic nitrogens is 3. The standard InChI is InChI=1S/C9H6BrN3O/c10-9-1-2-13(12-9)8-3-7(6-14)4-11-5-8/h1-6H. The van der Waals surface area contributed by atoms with E-state index in [1.165, 1.54) is 6.20 Å². The Balaban J connectivity index is 2.46. The fraction of sp³-hybridized carbons (Fsp3) is 0. The average molecular weight is 252 g/mol. The van der Waals surface area contributed by atoms with Crippen molar-refractivity contribution in [2.24, 2.45) is 0 Å². The molecular weight excluding hydrogens is 246 g/mol. The molecular formula is C9H6BrN3O. The van der Waals surface area contributed by atoms with E-state index in [4.69, 9.17) is 0 Å². The number of rotatable bonds is 2. The van der Waals surface area contributed by atoms with E-state index < -0.39 is 0 Å². The van der Waals surface area contributed by atoms with Crippen LogP contribution >= 0.6 is 15.9 Å². The third kappa shape index (κ3) is 1.72. The largest absolute Gasteiger partial charge is 0.298 e. The molecule has 0 fully saturated rings. The van der Waals surface area contributed by atoms with Crippen LogP contribution in [0.3, 0.4) is 0 Å². The molecule has 70 valence electrons. The topological polar surface area (TPSA) is 47.8 Å². The van der Waals surface area contributed by atoms with Gasteiger partial charge in [-0.25, -0.2) is 4.68 Å². The van der Waals surface area contributed by atoms with Crippen LogP contribution in [0, 0.1) is 0 Å². The normalized spacial score (nSPS) is 10.1. The molecule has 0 amide bonds. The second-order valence-electron chi connectivity index (χ2n) is 2.68. The smallest absolute Gasteiger partial charge is 0.151 e. The lowest BCUT2D eigenvalue weighted by atomic mass is 10.3. The van der Waals surface area contributed by atoms with E-state index in [2.05, 4.69) is 26.0 Å². The maximum absolute atomic E-state index is 10.5. The lowest BCUT2D eigenvalue weighted by Gasteiger charge is -1.99. The molecule has 0 aliphatic heterocycles. The molecule has 0 unspecified atom stereocenters. The number of hydrogen-bond acceptors (Lipinski definition) is 3. The molecule has 0 bridgehead atoms. The van der Waals surface area contributed by atoms with Gasteiger partial charge in [0.1, 0.15) is 4.60 Å². The highest BCUT2D eigenvalue weighted by atomic mass is 79.9. The Bertz CT molecular complexity index is 467. The first-order valence-electron chi connectivity index (χ1n) is 3.91. The van der Waals surface area contributed by atoms with Crippen molar-refractivity contribution in [2.45, 2.75) is 0 Å². The third-order valence-corrected chi connectivity index (χ3v) is 2.13. The molecule has 4 nitrogen and oxygen atoms in total. The first-order chi connectivity index (χ1) is 6.79. The van der Waals surface area contributed by atoms with Gasteiger partial charge in [-0.15, -0.1) is 0 Å². The Morgan fingerprint density at radius 1 is 1.43 bits per heavy atom. The average Bonchev–Trinajstić information content (AvgIpc) is 2.65. The van der Waals surface area contributed by atoms with E-state index in [0.717, 1.165) is 16.6 Å². The van der Waals surface area contributed by atoms with Crippen molar-refractivity contribution in [1.82, 2.24) is 14.8 Å². The van der Waals surface area contributed by atoms with E-state index in [0.29, 0.717) is 5.56 Å². The summed E-state index contributed by atoms with van der Waals surface area (Å²) in [6, 6.07) is 3.53. The van der Waals surface area contributed by atoms with E-state index in [1.54, 1.807) is 23.1 Å². The lowest BCUT2D eigenvalue weighted by Crippen LogP contribution is -1.96. The zero-order valence-corrected chi connectivity index (χ0v) is 8.68. The summed E-state index contributed by atoms with van der Waals surface area (Å²) in [7, 11) is 0. The molecule has 0 spiro atoms. The van der Waals surface area contributed by atoms with E-state index in [9.17, 15) is 4.79 Å². The molecule has 14 heavy (non-hydrogen) atoms. The van der Waals surface area contributed by atoms with Crippen molar-refractivity contribution in [3.63, 3.8) is 0 Å². The number of carbonyl (C=O) groups excluding carboxylic acids is 1. The Labute approximate surface area is 88.7 Å². The van der Waals surface area contributed by atoms with E-state index in [-0.39, 0.29) is 0 Å². The second-order valence-corrected chi connectivity index (χ2v) is 3.49. The molecule has 2 rings (SSSR count). The van der Waals surface area contributed by atoms with Crippen LogP contribution in [0.25, 0.3) is 5.69 Å². The Kier molecular flexibility index (Phi) is 2.41. The lowest BCUT2D eigenvalue weighted by molar-refractivity contribution is 0.112. The van der Waals surface area contributed by atoms with Gasteiger partial charge in [-0.3, -0.25) is 9.78 Å². The van der Waals surface area contributed by atoms with Gasteiger partial charge in [0.25, 0.3) is 0 Å². The summed E-state index contributed by atoms with van der Waals surface area (Å²) in [5.74, 6) is 0. The molecule has 2 heterocycles. The molecule has 0 radical (unpaired) electrons. The van der Waals surface area contributed by atoms with Crippen molar-refractivity contribution in [1.29, 1.82) is 0 Å². The molecule has 2 aromatic rings. The summed E-state index contributed by atoms with van der Waals surface area (Å²) in [5, 5.41) is 4.13. The van der Waals surface area contributed by atoms with Crippen molar-refractivity contribution >= 4 is 22.2 Å². The van der Waals surface area contributed by atoms with Crippen LogP contribution in [0.5, 0.6) is 0 Å². The molecule has 0 aromatic carbocycles. The Hall–Kier alpha value is -1.49. The van der Waals surface area contributed by atoms with Crippen LogP contribution in [0.1, 0.15) is 10.4 Å². The Morgan fingerprint density at radius 2 is 2.29 bits per heavy atom. The molecule has 0 atom stereocenters. The van der Waals surface area contributed by atoms with Crippen LogP contribution in [0.15, 0.2) is 35.3 Å². The van der Waals surface area contributed by atoms with Gasteiger partial charge in [-0.2, -0.15) is 5.10 Å². The van der Waals surface area contributed by atoms with Crippen LogP contribution < -0.4 is 0 Å². The zero-order valence-electron chi connectivity index (χ0n) is 7.09. The SMILES string of the molecule is O=Cc1cncc(-n2ccc(Br)n2)c1. The predicted molar refractivity (Wildman–Crippen MR) is 54.4 cm³/mol. The highest BCUT2D eigenvalue weighted by Crippen LogP contribution is 2.10. The summed E-state index contributed by atoms with van der Waals surface area (Å²) < 4.78 is 2.39.